The van der Waals surface area contributed by atoms with Gasteiger partial charge in [0, 0.05) is 22.8 Å². The fraction of sp³-hybridized carbons (Fsp3) is 0. The minimum Gasteiger partial charge on any atom is -0.399 e. The third-order valence-corrected chi connectivity index (χ3v) is 3.48. The maximum atomic E-state index is 5.67. The number of hydrogen-bond donors (Lipinski definition) is 1. The molecule has 0 atom stereocenters. The molecule has 0 aliphatic rings. The lowest BCUT2D eigenvalue weighted by molar-refractivity contribution is 1.28. The molecule has 2 heterocycles. The van der Waals surface area contributed by atoms with Crippen LogP contribution in [0.3, 0.4) is 0 Å². The van der Waals surface area contributed by atoms with E-state index >= 15 is 0 Å². The Hall–Kier alpha value is -2.20. The van der Waals surface area contributed by atoms with Crippen LogP contribution in [-0.4, -0.2) is 9.97 Å². The Balaban J connectivity index is 1.97. The second kappa shape index (κ2) is 4.58. The molecule has 0 aliphatic carbocycles. The van der Waals surface area contributed by atoms with Gasteiger partial charge in [-0.15, -0.1) is 11.3 Å². The minimum atomic E-state index is 0.764. The van der Waals surface area contributed by atoms with Gasteiger partial charge < -0.3 is 5.73 Å². The Morgan fingerprint density at radius 3 is 2.50 bits per heavy atom. The van der Waals surface area contributed by atoms with Crippen molar-refractivity contribution in [1.29, 1.82) is 0 Å². The first-order valence-corrected chi connectivity index (χ1v) is 6.44. The molecule has 0 radical (unpaired) electrons. The van der Waals surface area contributed by atoms with E-state index in [0.717, 1.165) is 27.6 Å². The summed E-state index contributed by atoms with van der Waals surface area (Å²) in [6.07, 6.45) is 1.78. The number of thiazole rings is 1. The highest BCUT2D eigenvalue weighted by molar-refractivity contribution is 7.13. The normalized spacial score (nSPS) is 10.4. The van der Waals surface area contributed by atoms with E-state index < -0.39 is 0 Å². The number of pyridine rings is 1. The third-order valence-electron chi connectivity index (χ3n) is 2.59. The summed E-state index contributed by atoms with van der Waals surface area (Å²) in [4.78, 5) is 8.89. The maximum absolute atomic E-state index is 5.67. The van der Waals surface area contributed by atoms with E-state index in [0.29, 0.717) is 0 Å². The Kier molecular flexibility index (Phi) is 2.78. The fourth-order valence-electron chi connectivity index (χ4n) is 1.66. The van der Waals surface area contributed by atoms with E-state index in [9.17, 15) is 0 Å². The molecule has 3 nitrogen and oxygen atoms in total. The van der Waals surface area contributed by atoms with Gasteiger partial charge in [-0.25, -0.2) is 4.98 Å². The van der Waals surface area contributed by atoms with Gasteiger partial charge in [-0.2, -0.15) is 0 Å². The molecule has 2 aromatic heterocycles. The lowest BCUT2D eigenvalue weighted by Gasteiger charge is -1.97. The Bertz CT molecular complexity index is 644. The van der Waals surface area contributed by atoms with Crippen LogP contribution < -0.4 is 5.73 Å². The molecule has 18 heavy (non-hydrogen) atoms. The van der Waals surface area contributed by atoms with Gasteiger partial charge in [-0.05, 0) is 36.4 Å². The minimum absolute atomic E-state index is 0.764. The molecule has 3 aromatic rings. The van der Waals surface area contributed by atoms with Gasteiger partial charge in [0.25, 0.3) is 0 Å². The van der Waals surface area contributed by atoms with Crippen molar-refractivity contribution in [3.63, 3.8) is 0 Å². The zero-order chi connectivity index (χ0) is 12.4. The molecule has 1 aromatic carbocycles. The van der Waals surface area contributed by atoms with Crippen molar-refractivity contribution in [2.75, 3.05) is 5.73 Å². The van der Waals surface area contributed by atoms with Crippen molar-refractivity contribution >= 4 is 17.0 Å². The van der Waals surface area contributed by atoms with Gasteiger partial charge in [-0.3, -0.25) is 4.98 Å². The van der Waals surface area contributed by atoms with Gasteiger partial charge in [0.2, 0.25) is 0 Å². The zero-order valence-electron chi connectivity index (χ0n) is 9.58. The van der Waals surface area contributed by atoms with Crippen LogP contribution in [-0.2, 0) is 0 Å². The van der Waals surface area contributed by atoms with Crippen LogP contribution in [0.15, 0.2) is 54.0 Å². The number of benzene rings is 1. The highest BCUT2D eigenvalue weighted by Crippen LogP contribution is 2.28. The second-order valence-corrected chi connectivity index (χ2v) is 4.73. The highest BCUT2D eigenvalue weighted by atomic mass is 32.1. The van der Waals surface area contributed by atoms with Crippen LogP contribution in [0.4, 0.5) is 5.69 Å². The van der Waals surface area contributed by atoms with Gasteiger partial charge in [-0.1, -0.05) is 6.07 Å². The molecule has 0 saturated heterocycles. The number of rotatable bonds is 2. The van der Waals surface area contributed by atoms with Crippen molar-refractivity contribution in [2.45, 2.75) is 0 Å². The quantitative estimate of drug-likeness (QED) is 0.712. The monoisotopic (exact) mass is 253 g/mol. The molecule has 0 aliphatic heterocycles. The van der Waals surface area contributed by atoms with Crippen molar-refractivity contribution in [1.82, 2.24) is 9.97 Å². The number of nitrogen functional groups attached to an aromatic ring is 1. The molecule has 0 bridgehead atoms. The van der Waals surface area contributed by atoms with Crippen molar-refractivity contribution in [2.24, 2.45) is 0 Å². The second-order valence-electron chi connectivity index (χ2n) is 3.87. The largest absolute Gasteiger partial charge is 0.399 e. The maximum Gasteiger partial charge on any atom is 0.124 e. The SMILES string of the molecule is Nc1ccc(-c2nc(-c3ccccn3)cs2)cc1. The van der Waals surface area contributed by atoms with Crippen molar-refractivity contribution in [3.8, 4) is 22.0 Å². The summed E-state index contributed by atoms with van der Waals surface area (Å²) in [5, 5.41) is 3.00. The third kappa shape index (κ3) is 2.10. The predicted octanol–water partition coefficient (Wildman–Crippen LogP) is 3.45. The van der Waals surface area contributed by atoms with E-state index in [2.05, 4.69) is 9.97 Å². The Morgan fingerprint density at radius 2 is 1.78 bits per heavy atom. The van der Waals surface area contributed by atoms with Crippen LogP contribution in [0.1, 0.15) is 0 Å². The number of aromatic nitrogens is 2. The lowest BCUT2D eigenvalue weighted by Crippen LogP contribution is -1.84. The summed E-state index contributed by atoms with van der Waals surface area (Å²) in [5.41, 5.74) is 9.33. The van der Waals surface area contributed by atoms with Gasteiger partial charge in [0.15, 0.2) is 0 Å². The number of nitrogens with two attached hydrogens (primary N) is 1. The topological polar surface area (TPSA) is 51.8 Å². The molecule has 0 unspecified atom stereocenters. The predicted molar refractivity (Wildman–Crippen MR) is 75.2 cm³/mol. The van der Waals surface area contributed by atoms with Gasteiger partial charge in [0.1, 0.15) is 10.7 Å². The van der Waals surface area contributed by atoms with Crippen molar-refractivity contribution in [3.05, 3.63) is 54.0 Å². The van der Waals surface area contributed by atoms with E-state index in [1.807, 2.05) is 47.8 Å². The van der Waals surface area contributed by atoms with Gasteiger partial charge >= 0.3 is 0 Å². The fourth-order valence-corrected chi connectivity index (χ4v) is 2.48. The van der Waals surface area contributed by atoms with Crippen molar-refractivity contribution < 1.29 is 0 Å². The molecule has 0 amide bonds. The molecule has 0 fully saturated rings. The summed E-state index contributed by atoms with van der Waals surface area (Å²) in [6.45, 7) is 0. The first-order valence-electron chi connectivity index (χ1n) is 5.56. The summed E-state index contributed by atoms with van der Waals surface area (Å²) < 4.78 is 0. The molecular formula is C14H11N3S. The van der Waals surface area contributed by atoms with Crippen LogP contribution in [0, 0.1) is 0 Å². The molecular weight excluding hydrogens is 242 g/mol. The summed E-state index contributed by atoms with van der Waals surface area (Å²) in [6, 6.07) is 13.6. The average Bonchev–Trinajstić information content (AvgIpc) is 2.90. The standard InChI is InChI=1S/C14H11N3S/c15-11-6-4-10(5-7-11)14-17-13(9-18-14)12-3-1-2-8-16-12/h1-9H,15H2. The molecule has 0 saturated carbocycles. The Labute approximate surface area is 109 Å². The molecule has 2 N–H and O–H groups in total. The summed E-state index contributed by atoms with van der Waals surface area (Å²) in [7, 11) is 0. The first kappa shape index (κ1) is 10.9. The molecule has 0 spiro atoms. The van der Waals surface area contributed by atoms with Crippen LogP contribution >= 0.6 is 11.3 Å². The van der Waals surface area contributed by atoms with E-state index in [1.54, 1.807) is 17.5 Å². The van der Waals surface area contributed by atoms with Crippen LogP contribution in [0.5, 0.6) is 0 Å². The number of anilines is 1. The van der Waals surface area contributed by atoms with E-state index in [-0.39, 0.29) is 0 Å². The highest BCUT2D eigenvalue weighted by Gasteiger charge is 2.06. The van der Waals surface area contributed by atoms with Crippen LogP contribution in [0.25, 0.3) is 22.0 Å². The smallest absolute Gasteiger partial charge is 0.124 e. The molecule has 3 rings (SSSR count). The van der Waals surface area contributed by atoms with E-state index in [4.69, 9.17) is 5.73 Å². The zero-order valence-corrected chi connectivity index (χ0v) is 10.4. The number of nitrogens with zero attached hydrogens (tertiary/aromatic N) is 2. The Morgan fingerprint density at radius 1 is 0.944 bits per heavy atom. The van der Waals surface area contributed by atoms with Gasteiger partial charge in [0.05, 0.1) is 5.69 Å². The molecule has 4 heteroatoms. The number of hydrogen-bond acceptors (Lipinski definition) is 4. The first-order chi connectivity index (χ1) is 8.83. The van der Waals surface area contributed by atoms with Crippen LogP contribution in [0.2, 0.25) is 0 Å². The average molecular weight is 253 g/mol. The summed E-state index contributed by atoms with van der Waals surface area (Å²) >= 11 is 1.61. The summed E-state index contributed by atoms with van der Waals surface area (Å²) in [5.74, 6) is 0. The molecule has 88 valence electrons. The van der Waals surface area contributed by atoms with E-state index in [1.165, 1.54) is 0 Å². The lowest BCUT2D eigenvalue weighted by atomic mass is 10.2.